The molecule has 31 heavy (non-hydrogen) atoms. The molecule has 1 N–H and O–H groups in total. The van der Waals surface area contributed by atoms with E-state index in [9.17, 15) is 9.90 Å². The smallest absolute Gasteiger partial charge is 0.306 e. The third-order valence-electron chi connectivity index (χ3n) is 6.61. The number of ether oxygens (including phenoxy) is 1. The number of hydrogen-bond donors (Lipinski definition) is 1. The summed E-state index contributed by atoms with van der Waals surface area (Å²) in [6.07, 6.45) is 22.0. The zero-order valence-electron chi connectivity index (χ0n) is 20.7. The number of unbranched alkanes of at least 4 members (excludes halogenated alkanes) is 11. The Hall–Kier alpha value is -0.480. The summed E-state index contributed by atoms with van der Waals surface area (Å²) in [5.74, 6) is 0.991. The summed E-state index contributed by atoms with van der Waals surface area (Å²) in [5.41, 5.74) is 1.41. The molecule has 0 aromatic rings. The van der Waals surface area contributed by atoms with Crippen molar-refractivity contribution in [3.8, 4) is 0 Å². The monoisotopic (exact) mass is 454 g/mol. The maximum Gasteiger partial charge on any atom is 0.306 e. The molecule has 1 aliphatic rings. The maximum absolute atomic E-state index is 11.7. The lowest BCUT2D eigenvalue weighted by atomic mass is 9.81. The molecular weight excluding hydrogens is 404 g/mol. The van der Waals surface area contributed by atoms with Gasteiger partial charge in [0.25, 0.3) is 0 Å². The Balaban J connectivity index is 2.27. The minimum Gasteiger partial charge on any atom is -0.466 e. The first-order chi connectivity index (χ1) is 15.1. The minimum atomic E-state index is -0.283. The van der Waals surface area contributed by atoms with Crippen molar-refractivity contribution < 1.29 is 14.6 Å². The second kappa shape index (κ2) is 19.0. The van der Waals surface area contributed by atoms with Crippen molar-refractivity contribution in [2.24, 2.45) is 5.92 Å². The number of rotatable bonds is 18. The summed E-state index contributed by atoms with van der Waals surface area (Å²) in [4.78, 5) is 11.7. The summed E-state index contributed by atoms with van der Waals surface area (Å²) >= 11 is 1.75. The van der Waals surface area contributed by atoms with E-state index in [4.69, 9.17) is 4.74 Å². The molecule has 0 unspecified atom stereocenters. The van der Waals surface area contributed by atoms with Crippen molar-refractivity contribution in [3.63, 3.8) is 0 Å². The molecular formula is C27H50O3S. The van der Waals surface area contributed by atoms with Gasteiger partial charge in [0.1, 0.15) is 0 Å². The van der Waals surface area contributed by atoms with Crippen LogP contribution in [0.2, 0.25) is 0 Å². The van der Waals surface area contributed by atoms with Gasteiger partial charge in [0.2, 0.25) is 0 Å². The third kappa shape index (κ3) is 13.0. The van der Waals surface area contributed by atoms with E-state index in [1.807, 2.05) is 6.92 Å². The number of carbonyl (C=O) groups is 1. The fraction of sp³-hybridized carbons (Fsp3) is 0.889. The number of allylic oxidation sites excluding steroid dienone is 1. The van der Waals surface area contributed by atoms with E-state index in [-0.39, 0.29) is 17.3 Å². The van der Waals surface area contributed by atoms with Gasteiger partial charge in [0.05, 0.1) is 24.4 Å². The molecule has 0 heterocycles. The Morgan fingerprint density at radius 1 is 1.00 bits per heavy atom. The zero-order chi connectivity index (χ0) is 22.7. The van der Waals surface area contributed by atoms with Crippen LogP contribution in [0, 0.1) is 5.92 Å². The molecule has 1 saturated carbocycles. The lowest BCUT2D eigenvalue weighted by molar-refractivity contribution is -0.142. The molecule has 0 radical (unpaired) electrons. The van der Waals surface area contributed by atoms with Gasteiger partial charge in [-0.25, -0.2) is 0 Å². The van der Waals surface area contributed by atoms with Crippen LogP contribution in [-0.4, -0.2) is 34.8 Å². The molecule has 0 amide bonds. The molecule has 1 fully saturated rings. The van der Waals surface area contributed by atoms with Crippen molar-refractivity contribution in [2.75, 3.05) is 12.4 Å². The van der Waals surface area contributed by atoms with Gasteiger partial charge in [-0.15, -0.1) is 0 Å². The Labute approximate surface area is 197 Å². The quantitative estimate of drug-likeness (QED) is 0.130. The Bertz CT molecular complexity index is 477. The van der Waals surface area contributed by atoms with E-state index in [0.29, 0.717) is 18.9 Å². The number of thioether (sulfide) groups is 1. The highest BCUT2D eigenvalue weighted by molar-refractivity contribution is 8.00. The second-order valence-corrected chi connectivity index (χ2v) is 10.4. The lowest BCUT2D eigenvalue weighted by Crippen LogP contribution is -2.37. The largest absolute Gasteiger partial charge is 0.466 e. The minimum absolute atomic E-state index is 0.126. The standard InChI is InChI=1S/C27H50O3S/c1-4-7-8-9-10-11-12-13-14-15-16-17-18-24-20-19-23(5-2)26(29)27(24)31-22-21-25(28)30-6-3/h18,23,26-27,29H,4-17,19-22H2,1-3H3/t23-,26-,27-/m0/s1. The highest BCUT2D eigenvalue weighted by atomic mass is 32.2. The predicted molar refractivity (Wildman–Crippen MR) is 136 cm³/mol. The normalized spacial score (nSPS) is 22.7. The van der Waals surface area contributed by atoms with Gasteiger partial charge in [0, 0.05) is 5.75 Å². The maximum atomic E-state index is 11.7. The Kier molecular flexibility index (Phi) is 17.5. The van der Waals surface area contributed by atoms with Crippen molar-refractivity contribution in [1.82, 2.24) is 0 Å². The van der Waals surface area contributed by atoms with Crippen molar-refractivity contribution in [2.45, 2.75) is 135 Å². The number of hydrogen-bond acceptors (Lipinski definition) is 4. The summed E-state index contributed by atoms with van der Waals surface area (Å²) in [6, 6.07) is 0. The lowest BCUT2D eigenvalue weighted by Gasteiger charge is -2.36. The zero-order valence-corrected chi connectivity index (χ0v) is 21.5. The van der Waals surface area contributed by atoms with E-state index in [0.717, 1.165) is 31.4 Å². The molecule has 0 aromatic heterocycles. The van der Waals surface area contributed by atoms with Crippen LogP contribution in [0.1, 0.15) is 124 Å². The van der Waals surface area contributed by atoms with Crippen LogP contribution in [0.5, 0.6) is 0 Å². The molecule has 4 heteroatoms. The van der Waals surface area contributed by atoms with E-state index < -0.39 is 0 Å². The van der Waals surface area contributed by atoms with Gasteiger partial charge < -0.3 is 9.84 Å². The fourth-order valence-electron chi connectivity index (χ4n) is 4.60. The highest BCUT2D eigenvalue weighted by Crippen LogP contribution is 2.38. The van der Waals surface area contributed by atoms with Gasteiger partial charge >= 0.3 is 5.97 Å². The van der Waals surface area contributed by atoms with E-state index in [1.54, 1.807) is 11.8 Å². The molecule has 1 aliphatic carbocycles. The summed E-state index contributed by atoms with van der Waals surface area (Å²) in [7, 11) is 0. The first-order valence-corrected chi connectivity index (χ1v) is 14.3. The molecule has 3 nitrogen and oxygen atoms in total. The van der Waals surface area contributed by atoms with Crippen LogP contribution in [0.15, 0.2) is 11.6 Å². The summed E-state index contributed by atoms with van der Waals surface area (Å²) in [5, 5.41) is 11.0. The van der Waals surface area contributed by atoms with Crippen molar-refractivity contribution in [3.05, 3.63) is 11.6 Å². The average molecular weight is 455 g/mol. The molecule has 0 spiro atoms. The number of esters is 1. The van der Waals surface area contributed by atoms with Gasteiger partial charge in [-0.05, 0) is 38.5 Å². The fourth-order valence-corrected chi connectivity index (χ4v) is 5.99. The highest BCUT2D eigenvalue weighted by Gasteiger charge is 2.34. The molecule has 0 saturated heterocycles. The summed E-state index contributed by atoms with van der Waals surface area (Å²) in [6.45, 7) is 6.74. The Morgan fingerprint density at radius 3 is 2.19 bits per heavy atom. The third-order valence-corrected chi connectivity index (χ3v) is 7.99. The van der Waals surface area contributed by atoms with Crippen LogP contribution < -0.4 is 0 Å². The van der Waals surface area contributed by atoms with Crippen LogP contribution in [0.3, 0.4) is 0 Å². The van der Waals surface area contributed by atoms with Gasteiger partial charge in [-0.1, -0.05) is 96.1 Å². The molecule has 0 aromatic carbocycles. The first-order valence-electron chi connectivity index (χ1n) is 13.3. The van der Waals surface area contributed by atoms with Crippen molar-refractivity contribution >= 4 is 17.7 Å². The average Bonchev–Trinajstić information content (AvgIpc) is 2.76. The molecule has 3 atom stereocenters. The molecule has 0 bridgehead atoms. The van der Waals surface area contributed by atoms with Crippen LogP contribution in [-0.2, 0) is 9.53 Å². The van der Waals surface area contributed by atoms with Crippen LogP contribution in [0.25, 0.3) is 0 Å². The number of aliphatic hydroxyl groups excluding tert-OH is 1. The van der Waals surface area contributed by atoms with Gasteiger partial charge in [-0.2, -0.15) is 11.8 Å². The SMILES string of the molecule is CCCCCCCCCCCCCC=C1CC[C@H](CC)[C@H](O)[C@H]1SCCC(=O)OCC. The number of aliphatic hydroxyl groups is 1. The van der Waals surface area contributed by atoms with Crippen molar-refractivity contribution in [1.29, 1.82) is 0 Å². The second-order valence-electron chi connectivity index (χ2n) is 9.15. The van der Waals surface area contributed by atoms with E-state index in [1.165, 1.54) is 76.2 Å². The number of carbonyl (C=O) groups excluding carboxylic acids is 1. The first kappa shape index (κ1) is 28.6. The molecule has 1 rings (SSSR count). The van der Waals surface area contributed by atoms with E-state index in [2.05, 4.69) is 19.9 Å². The topological polar surface area (TPSA) is 46.5 Å². The molecule has 182 valence electrons. The van der Waals surface area contributed by atoms with E-state index >= 15 is 0 Å². The van der Waals surface area contributed by atoms with Crippen LogP contribution >= 0.6 is 11.8 Å². The van der Waals surface area contributed by atoms with Crippen LogP contribution in [0.4, 0.5) is 0 Å². The van der Waals surface area contributed by atoms with Gasteiger partial charge in [-0.3, -0.25) is 4.79 Å². The predicted octanol–water partition coefficient (Wildman–Crippen LogP) is 7.85. The Morgan fingerprint density at radius 2 is 1.61 bits per heavy atom. The summed E-state index contributed by atoms with van der Waals surface area (Å²) < 4.78 is 5.05. The van der Waals surface area contributed by atoms with Gasteiger partial charge in [0.15, 0.2) is 0 Å². The molecule has 0 aliphatic heterocycles.